The Morgan fingerprint density at radius 1 is 1.26 bits per heavy atom. The average molecular weight is 334 g/mol. The summed E-state index contributed by atoms with van der Waals surface area (Å²) in [5.74, 6) is 0.816. The van der Waals surface area contributed by atoms with Crippen molar-refractivity contribution in [3.8, 4) is 11.5 Å². The quantitative estimate of drug-likeness (QED) is 0.435. The minimum Gasteiger partial charge on any atom is -0.493 e. The third-order valence-corrected chi connectivity index (χ3v) is 3.16. The monoisotopic (exact) mass is 333 g/mol. The predicted octanol–water partition coefficient (Wildman–Crippen LogP) is 2.56. The van der Waals surface area contributed by atoms with Crippen LogP contribution in [0.1, 0.15) is 5.56 Å². The van der Waals surface area contributed by atoms with Crippen LogP contribution in [0.5, 0.6) is 11.5 Å². The molecule has 0 aliphatic rings. The highest BCUT2D eigenvalue weighted by molar-refractivity contribution is 9.09. The topological polar surface area (TPSA) is 70.8 Å². The normalized spacial score (nSPS) is 12.0. The number of nitrogens with zero attached hydrogens (tertiary/aromatic N) is 1. The molecule has 0 aliphatic carbocycles. The van der Waals surface area contributed by atoms with Crippen molar-refractivity contribution in [2.75, 3.05) is 27.9 Å². The minimum atomic E-state index is -0.427. The van der Waals surface area contributed by atoms with E-state index in [0.29, 0.717) is 30.1 Å². The first-order chi connectivity index (χ1) is 9.03. The van der Waals surface area contributed by atoms with Crippen molar-refractivity contribution in [1.29, 1.82) is 0 Å². The number of benzene rings is 1. The van der Waals surface area contributed by atoms with Crippen molar-refractivity contribution in [2.24, 2.45) is 0 Å². The zero-order valence-corrected chi connectivity index (χ0v) is 12.6. The summed E-state index contributed by atoms with van der Waals surface area (Å²) in [6, 6.07) is 3.00. The first-order valence-electron chi connectivity index (χ1n) is 5.55. The fourth-order valence-electron chi connectivity index (χ4n) is 1.72. The SMILES string of the molecule is COCC(Br)Cc1cc(OC)c(OC)cc1[N+](=O)[O-]. The van der Waals surface area contributed by atoms with E-state index < -0.39 is 4.92 Å². The Morgan fingerprint density at radius 3 is 2.32 bits per heavy atom. The maximum Gasteiger partial charge on any atom is 0.276 e. The lowest BCUT2D eigenvalue weighted by Crippen LogP contribution is -2.11. The Labute approximate surface area is 119 Å². The van der Waals surface area contributed by atoms with Crippen molar-refractivity contribution in [2.45, 2.75) is 11.2 Å². The molecule has 1 rings (SSSR count). The van der Waals surface area contributed by atoms with E-state index in [1.807, 2.05) is 0 Å². The molecule has 19 heavy (non-hydrogen) atoms. The molecule has 0 saturated heterocycles. The van der Waals surface area contributed by atoms with Crippen LogP contribution in [0.3, 0.4) is 0 Å². The number of methoxy groups -OCH3 is 3. The van der Waals surface area contributed by atoms with E-state index in [-0.39, 0.29) is 10.5 Å². The van der Waals surface area contributed by atoms with Crippen LogP contribution in [0.2, 0.25) is 0 Å². The van der Waals surface area contributed by atoms with Crippen molar-refractivity contribution >= 4 is 21.6 Å². The summed E-state index contributed by atoms with van der Waals surface area (Å²) in [6.07, 6.45) is 0.463. The molecule has 0 amide bonds. The lowest BCUT2D eigenvalue weighted by Gasteiger charge is -2.12. The molecule has 1 atom stereocenters. The van der Waals surface area contributed by atoms with Gasteiger partial charge in [0.05, 0.1) is 31.8 Å². The number of nitro groups is 1. The summed E-state index contributed by atoms with van der Waals surface area (Å²) in [5, 5.41) is 11.1. The molecule has 0 N–H and O–H groups in total. The van der Waals surface area contributed by atoms with Gasteiger partial charge >= 0.3 is 0 Å². The van der Waals surface area contributed by atoms with Crippen LogP contribution < -0.4 is 9.47 Å². The highest BCUT2D eigenvalue weighted by Crippen LogP contribution is 2.35. The third kappa shape index (κ3) is 4.07. The highest BCUT2D eigenvalue weighted by atomic mass is 79.9. The van der Waals surface area contributed by atoms with Gasteiger partial charge < -0.3 is 14.2 Å². The largest absolute Gasteiger partial charge is 0.493 e. The van der Waals surface area contributed by atoms with Gasteiger partial charge in [0.25, 0.3) is 5.69 Å². The Morgan fingerprint density at radius 2 is 1.84 bits per heavy atom. The van der Waals surface area contributed by atoms with Gasteiger partial charge in [0.2, 0.25) is 0 Å². The molecule has 6 nitrogen and oxygen atoms in total. The molecule has 0 aromatic heterocycles. The summed E-state index contributed by atoms with van der Waals surface area (Å²) in [4.78, 5) is 10.7. The van der Waals surface area contributed by atoms with Gasteiger partial charge in [0, 0.05) is 17.5 Å². The number of hydrogen-bond acceptors (Lipinski definition) is 5. The summed E-state index contributed by atoms with van der Waals surface area (Å²) in [6.45, 7) is 0.464. The second-order valence-corrected chi connectivity index (χ2v) is 5.14. The third-order valence-electron chi connectivity index (χ3n) is 2.57. The molecule has 7 heteroatoms. The summed E-state index contributed by atoms with van der Waals surface area (Å²) in [7, 11) is 4.52. The molecule has 1 aromatic carbocycles. The highest BCUT2D eigenvalue weighted by Gasteiger charge is 2.21. The molecule has 1 unspecified atom stereocenters. The van der Waals surface area contributed by atoms with Gasteiger partial charge in [-0.2, -0.15) is 0 Å². The molecule has 0 radical (unpaired) electrons. The van der Waals surface area contributed by atoms with E-state index in [1.165, 1.54) is 20.3 Å². The fourth-order valence-corrected chi connectivity index (χ4v) is 2.34. The number of halogens is 1. The van der Waals surface area contributed by atoms with Crippen molar-refractivity contribution < 1.29 is 19.1 Å². The first-order valence-corrected chi connectivity index (χ1v) is 6.47. The van der Waals surface area contributed by atoms with E-state index in [4.69, 9.17) is 14.2 Å². The molecule has 0 bridgehead atoms. The maximum atomic E-state index is 11.1. The molecule has 0 fully saturated rings. The van der Waals surface area contributed by atoms with Crippen LogP contribution >= 0.6 is 15.9 Å². The van der Waals surface area contributed by atoms with E-state index in [2.05, 4.69) is 15.9 Å². The molecular formula is C12H16BrNO5. The van der Waals surface area contributed by atoms with Crippen LogP contribution in [0.4, 0.5) is 5.69 Å². The number of hydrogen-bond donors (Lipinski definition) is 0. The Bertz CT molecular complexity index is 452. The second-order valence-electron chi connectivity index (χ2n) is 3.85. The fraction of sp³-hybridized carbons (Fsp3) is 0.500. The standard InChI is InChI=1S/C12H16BrNO5/c1-17-7-9(13)4-8-5-11(18-2)12(19-3)6-10(8)14(15)16/h5-6,9H,4,7H2,1-3H3. The van der Waals surface area contributed by atoms with Crippen LogP contribution in [0, 0.1) is 10.1 Å². The number of alkyl halides is 1. The number of rotatable bonds is 7. The minimum absolute atomic E-state index is 0.00528. The molecule has 0 spiro atoms. The van der Waals surface area contributed by atoms with E-state index in [0.717, 1.165) is 0 Å². The van der Waals surface area contributed by atoms with Crippen LogP contribution in [-0.4, -0.2) is 37.7 Å². The van der Waals surface area contributed by atoms with Gasteiger partial charge in [0.1, 0.15) is 0 Å². The summed E-state index contributed by atoms with van der Waals surface area (Å²) < 4.78 is 15.2. The Hall–Kier alpha value is -1.34. The van der Waals surface area contributed by atoms with Gasteiger partial charge in [0.15, 0.2) is 11.5 Å². The Kier molecular flexibility index (Phi) is 6.04. The molecule has 0 aliphatic heterocycles. The van der Waals surface area contributed by atoms with Crippen molar-refractivity contribution in [3.63, 3.8) is 0 Å². The van der Waals surface area contributed by atoms with Crippen LogP contribution in [0.25, 0.3) is 0 Å². The number of ether oxygens (including phenoxy) is 3. The zero-order chi connectivity index (χ0) is 14.4. The molecule has 1 aromatic rings. The maximum absolute atomic E-state index is 11.1. The molecule has 106 valence electrons. The van der Waals surface area contributed by atoms with Gasteiger partial charge in [-0.1, -0.05) is 15.9 Å². The van der Waals surface area contributed by atoms with Gasteiger partial charge in [-0.25, -0.2) is 0 Å². The van der Waals surface area contributed by atoms with E-state index >= 15 is 0 Å². The summed E-state index contributed by atoms with van der Waals surface area (Å²) >= 11 is 3.42. The number of nitro benzene ring substituents is 1. The summed E-state index contributed by atoms with van der Waals surface area (Å²) in [5.41, 5.74) is 0.583. The van der Waals surface area contributed by atoms with Crippen molar-refractivity contribution in [1.82, 2.24) is 0 Å². The van der Waals surface area contributed by atoms with E-state index in [9.17, 15) is 10.1 Å². The van der Waals surface area contributed by atoms with Crippen LogP contribution in [-0.2, 0) is 11.2 Å². The van der Waals surface area contributed by atoms with Gasteiger partial charge in [-0.05, 0) is 12.5 Å². The van der Waals surface area contributed by atoms with Crippen LogP contribution in [0.15, 0.2) is 12.1 Å². The first kappa shape index (κ1) is 15.7. The smallest absolute Gasteiger partial charge is 0.276 e. The Balaban J connectivity index is 3.16. The molecule has 0 heterocycles. The van der Waals surface area contributed by atoms with E-state index in [1.54, 1.807) is 13.2 Å². The molecule has 0 saturated carbocycles. The lowest BCUT2D eigenvalue weighted by atomic mass is 10.1. The second kappa shape index (κ2) is 7.30. The van der Waals surface area contributed by atoms with Gasteiger partial charge in [-0.15, -0.1) is 0 Å². The zero-order valence-electron chi connectivity index (χ0n) is 11.0. The average Bonchev–Trinajstić information content (AvgIpc) is 2.38. The lowest BCUT2D eigenvalue weighted by molar-refractivity contribution is -0.385. The van der Waals surface area contributed by atoms with Crippen molar-refractivity contribution in [3.05, 3.63) is 27.8 Å². The van der Waals surface area contributed by atoms with Gasteiger partial charge in [-0.3, -0.25) is 10.1 Å². The molecular weight excluding hydrogens is 318 g/mol. The predicted molar refractivity (Wildman–Crippen MR) is 74.5 cm³/mol.